The highest BCUT2D eigenvalue weighted by Gasteiger charge is 2.37. The molecule has 0 bridgehead atoms. The molecular weight excluding hydrogens is 306 g/mol. The average Bonchev–Trinajstić information content (AvgIpc) is 2.61. The van der Waals surface area contributed by atoms with Gasteiger partial charge in [-0.2, -0.15) is 0 Å². The summed E-state index contributed by atoms with van der Waals surface area (Å²) in [6.45, 7) is 0. The Morgan fingerprint density at radius 3 is 2.67 bits per heavy atom. The van der Waals surface area contributed by atoms with Crippen molar-refractivity contribution in [3.05, 3.63) is 60.1 Å². The van der Waals surface area contributed by atoms with E-state index in [1.807, 2.05) is 30.3 Å². The second-order valence-corrected chi connectivity index (χ2v) is 5.28. The summed E-state index contributed by atoms with van der Waals surface area (Å²) in [6, 6.07) is 9.29. The fourth-order valence-electron chi connectivity index (χ4n) is 2.68. The highest BCUT2D eigenvalue weighted by molar-refractivity contribution is 5.88. The third-order valence-corrected chi connectivity index (χ3v) is 3.85. The number of hydrogen-bond donors (Lipinski definition) is 3. The summed E-state index contributed by atoms with van der Waals surface area (Å²) in [5.41, 5.74) is 13.5. The Hall–Kier alpha value is -3.06. The number of aliphatic imine (C=N–C) groups is 1. The van der Waals surface area contributed by atoms with Crippen molar-refractivity contribution in [2.75, 3.05) is 14.2 Å². The minimum Gasteiger partial charge on any atom is -0.496 e. The van der Waals surface area contributed by atoms with E-state index in [0.29, 0.717) is 22.6 Å². The number of pyridine rings is 1. The maximum atomic E-state index is 6.69. The van der Waals surface area contributed by atoms with Gasteiger partial charge in [-0.15, -0.1) is 0 Å². The van der Waals surface area contributed by atoms with E-state index >= 15 is 0 Å². The monoisotopic (exact) mass is 325 g/mol. The molecular formula is C17H19N5O2. The molecule has 1 aliphatic heterocycles. The summed E-state index contributed by atoms with van der Waals surface area (Å²) in [7, 11) is 3.17. The van der Waals surface area contributed by atoms with Crippen LogP contribution in [0.25, 0.3) is 5.57 Å². The van der Waals surface area contributed by atoms with Gasteiger partial charge in [-0.1, -0.05) is 18.2 Å². The quantitative estimate of drug-likeness (QED) is 0.779. The average molecular weight is 325 g/mol. The van der Waals surface area contributed by atoms with E-state index in [1.165, 1.54) is 0 Å². The van der Waals surface area contributed by atoms with E-state index in [-0.39, 0.29) is 5.96 Å². The summed E-state index contributed by atoms with van der Waals surface area (Å²) in [5.74, 6) is 1.47. The van der Waals surface area contributed by atoms with E-state index < -0.39 is 5.66 Å². The standard InChI is InChI=1S/C17H19N5O2/c1-23-12-7-11(8-20-9-12)14-10-21-16(18)22-17(14,19)13-5-3-4-6-15(13)24-2/h3-10H,19H2,1-2H3,(H3,18,21,22). The minimum atomic E-state index is -1.21. The Morgan fingerprint density at radius 1 is 1.12 bits per heavy atom. The lowest BCUT2D eigenvalue weighted by Crippen LogP contribution is -2.45. The van der Waals surface area contributed by atoms with Crippen molar-refractivity contribution in [3.8, 4) is 11.5 Å². The SMILES string of the molecule is COc1cncc(C2=CNC(N)=NC2(N)c2ccccc2OC)c1. The van der Waals surface area contributed by atoms with Gasteiger partial charge in [0.25, 0.3) is 0 Å². The van der Waals surface area contributed by atoms with Gasteiger partial charge in [-0.3, -0.25) is 10.7 Å². The van der Waals surface area contributed by atoms with Crippen molar-refractivity contribution in [3.63, 3.8) is 0 Å². The van der Waals surface area contributed by atoms with Crippen LogP contribution in [0, 0.1) is 0 Å². The predicted octanol–water partition coefficient (Wildman–Crippen LogP) is 1.17. The van der Waals surface area contributed by atoms with Crippen LogP contribution in [0.2, 0.25) is 0 Å². The van der Waals surface area contributed by atoms with Gasteiger partial charge in [0.15, 0.2) is 11.6 Å². The number of guanidine groups is 1. The van der Waals surface area contributed by atoms with Gasteiger partial charge in [0.05, 0.1) is 20.4 Å². The molecule has 1 aliphatic rings. The molecule has 1 atom stereocenters. The summed E-state index contributed by atoms with van der Waals surface area (Å²) < 4.78 is 10.7. The Balaban J connectivity index is 2.17. The van der Waals surface area contributed by atoms with Gasteiger partial charge in [-0.25, -0.2) is 4.99 Å². The maximum absolute atomic E-state index is 6.69. The molecule has 7 nitrogen and oxygen atoms in total. The molecule has 2 heterocycles. The van der Waals surface area contributed by atoms with Gasteiger partial charge in [0, 0.05) is 29.1 Å². The summed E-state index contributed by atoms with van der Waals surface area (Å²) >= 11 is 0. The van der Waals surface area contributed by atoms with Gasteiger partial charge >= 0.3 is 0 Å². The number of hydrogen-bond acceptors (Lipinski definition) is 7. The zero-order chi connectivity index (χ0) is 17.2. The molecule has 3 rings (SSSR count). The van der Waals surface area contributed by atoms with Crippen molar-refractivity contribution in [2.45, 2.75) is 5.66 Å². The fourth-order valence-corrected chi connectivity index (χ4v) is 2.68. The Bertz CT molecular complexity index is 818. The number of aromatic nitrogens is 1. The number of ether oxygens (including phenoxy) is 2. The summed E-state index contributed by atoms with van der Waals surface area (Å²) in [4.78, 5) is 8.64. The molecule has 1 unspecified atom stereocenters. The van der Waals surface area contributed by atoms with Crippen LogP contribution in [0.5, 0.6) is 11.5 Å². The first kappa shape index (κ1) is 15.8. The fraction of sp³-hybridized carbons (Fsp3) is 0.176. The predicted molar refractivity (Wildman–Crippen MR) is 92.4 cm³/mol. The third kappa shape index (κ3) is 2.65. The number of nitrogens with two attached hydrogens (primary N) is 2. The van der Waals surface area contributed by atoms with Crippen molar-refractivity contribution in [2.24, 2.45) is 16.5 Å². The van der Waals surface area contributed by atoms with Crippen LogP contribution in [0.15, 0.2) is 53.9 Å². The van der Waals surface area contributed by atoms with Crippen molar-refractivity contribution in [1.29, 1.82) is 0 Å². The second kappa shape index (κ2) is 6.21. The lowest BCUT2D eigenvalue weighted by Gasteiger charge is -2.33. The summed E-state index contributed by atoms with van der Waals surface area (Å²) in [6.07, 6.45) is 5.05. The zero-order valence-electron chi connectivity index (χ0n) is 13.5. The molecule has 1 aromatic carbocycles. The van der Waals surface area contributed by atoms with Crippen LogP contribution in [0.3, 0.4) is 0 Å². The van der Waals surface area contributed by atoms with E-state index in [9.17, 15) is 0 Å². The molecule has 0 radical (unpaired) electrons. The first-order chi connectivity index (χ1) is 11.6. The molecule has 0 spiro atoms. The van der Waals surface area contributed by atoms with Crippen LogP contribution in [0.1, 0.15) is 11.1 Å². The van der Waals surface area contributed by atoms with Crippen molar-refractivity contribution >= 4 is 11.5 Å². The Kier molecular flexibility index (Phi) is 4.09. The number of benzene rings is 1. The largest absolute Gasteiger partial charge is 0.496 e. The molecule has 0 aliphatic carbocycles. The van der Waals surface area contributed by atoms with Gasteiger partial charge in [0.2, 0.25) is 0 Å². The van der Waals surface area contributed by atoms with Crippen LogP contribution < -0.4 is 26.3 Å². The lowest BCUT2D eigenvalue weighted by atomic mass is 9.87. The molecule has 7 heteroatoms. The Labute approximate surface area is 140 Å². The lowest BCUT2D eigenvalue weighted by molar-refractivity contribution is 0.399. The third-order valence-electron chi connectivity index (χ3n) is 3.85. The normalized spacial score (nSPS) is 19.8. The van der Waals surface area contributed by atoms with Crippen molar-refractivity contribution in [1.82, 2.24) is 10.3 Å². The van der Waals surface area contributed by atoms with Crippen LogP contribution in [-0.2, 0) is 5.66 Å². The number of methoxy groups -OCH3 is 2. The number of nitrogens with one attached hydrogen (secondary N) is 1. The molecule has 1 aromatic heterocycles. The molecule has 0 saturated carbocycles. The molecule has 0 fully saturated rings. The first-order valence-electron chi connectivity index (χ1n) is 7.33. The smallest absolute Gasteiger partial charge is 0.195 e. The van der Waals surface area contributed by atoms with Crippen LogP contribution in [0.4, 0.5) is 0 Å². The minimum absolute atomic E-state index is 0.225. The van der Waals surface area contributed by atoms with E-state index in [2.05, 4.69) is 15.3 Å². The highest BCUT2D eigenvalue weighted by Crippen LogP contribution is 2.40. The van der Waals surface area contributed by atoms with E-state index in [1.54, 1.807) is 32.8 Å². The molecule has 124 valence electrons. The van der Waals surface area contributed by atoms with Gasteiger partial charge in [-0.05, 0) is 12.1 Å². The molecule has 2 aromatic rings. The number of para-hydroxylation sites is 1. The highest BCUT2D eigenvalue weighted by atomic mass is 16.5. The van der Waals surface area contributed by atoms with Crippen LogP contribution in [-0.4, -0.2) is 25.2 Å². The number of nitrogens with zero attached hydrogens (tertiary/aromatic N) is 2. The molecule has 24 heavy (non-hydrogen) atoms. The van der Waals surface area contributed by atoms with Gasteiger partial charge in [0.1, 0.15) is 11.5 Å². The topological polar surface area (TPSA) is 108 Å². The molecule has 0 saturated heterocycles. The van der Waals surface area contributed by atoms with E-state index in [4.69, 9.17) is 20.9 Å². The maximum Gasteiger partial charge on any atom is 0.195 e. The first-order valence-corrected chi connectivity index (χ1v) is 7.33. The van der Waals surface area contributed by atoms with Gasteiger partial charge < -0.3 is 20.5 Å². The zero-order valence-corrected chi connectivity index (χ0v) is 13.5. The van der Waals surface area contributed by atoms with Crippen molar-refractivity contribution < 1.29 is 9.47 Å². The van der Waals surface area contributed by atoms with E-state index in [0.717, 1.165) is 5.56 Å². The molecule has 0 amide bonds. The second-order valence-electron chi connectivity index (χ2n) is 5.28. The van der Waals surface area contributed by atoms with Crippen LogP contribution >= 0.6 is 0 Å². The Morgan fingerprint density at radius 2 is 1.92 bits per heavy atom. The summed E-state index contributed by atoms with van der Waals surface area (Å²) in [5, 5.41) is 2.91. The number of rotatable bonds is 4. The molecule has 5 N–H and O–H groups in total.